The fraction of sp³-hybridized carbons (Fsp3) is 0.250. The van der Waals surface area contributed by atoms with Crippen molar-refractivity contribution < 1.29 is 22.7 Å². The molecule has 0 amide bonds. The first-order chi connectivity index (χ1) is 12.7. The molecule has 1 heterocycles. The van der Waals surface area contributed by atoms with Gasteiger partial charge in [0.1, 0.15) is 11.9 Å². The van der Waals surface area contributed by atoms with Crippen LogP contribution in [0, 0.1) is 6.92 Å². The van der Waals surface area contributed by atoms with Gasteiger partial charge in [-0.25, -0.2) is 13.2 Å². The lowest BCUT2D eigenvalue weighted by Gasteiger charge is -2.14. The molecule has 0 saturated carbocycles. The SMILES string of the molecule is CC[C@H]1OC(=O)C(Oc2ccc(Br)cc2)=C1c1ccc(S(C)(=O)=O)c(C)c1. The van der Waals surface area contributed by atoms with Crippen molar-refractivity contribution in [1.29, 1.82) is 0 Å². The molecule has 0 aromatic heterocycles. The Balaban J connectivity index is 2.09. The van der Waals surface area contributed by atoms with Gasteiger partial charge in [0, 0.05) is 10.7 Å². The summed E-state index contributed by atoms with van der Waals surface area (Å²) in [6.07, 6.45) is 1.32. The molecule has 7 heteroatoms. The molecule has 0 saturated heterocycles. The van der Waals surface area contributed by atoms with Crippen molar-refractivity contribution in [3.8, 4) is 5.75 Å². The number of carbonyl (C=O) groups excluding carboxylic acids is 1. The summed E-state index contributed by atoms with van der Waals surface area (Å²) in [5.74, 6) is 0.129. The van der Waals surface area contributed by atoms with E-state index in [0.29, 0.717) is 28.9 Å². The van der Waals surface area contributed by atoms with Gasteiger partial charge in [0.2, 0.25) is 5.76 Å². The third-order valence-electron chi connectivity index (χ3n) is 4.29. The number of ether oxygens (including phenoxy) is 2. The van der Waals surface area contributed by atoms with Crippen LogP contribution in [-0.4, -0.2) is 26.7 Å². The molecule has 0 radical (unpaired) electrons. The van der Waals surface area contributed by atoms with Gasteiger partial charge in [0.05, 0.1) is 10.5 Å². The van der Waals surface area contributed by atoms with Gasteiger partial charge in [0.15, 0.2) is 9.84 Å². The van der Waals surface area contributed by atoms with E-state index in [1.807, 2.05) is 19.1 Å². The van der Waals surface area contributed by atoms with E-state index in [2.05, 4.69) is 15.9 Å². The van der Waals surface area contributed by atoms with Crippen LogP contribution in [0.4, 0.5) is 0 Å². The molecular formula is C20H19BrO5S. The average Bonchev–Trinajstić information content (AvgIpc) is 2.91. The number of esters is 1. The zero-order valence-corrected chi connectivity index (χ0v) is 17.6. The number of hydrogen-bond acceptors (Lipinski definition) is 5. The van der Waals surface area contributed by atoms with E-state index in [-0.39, 0.29) is 10.7 Å². The number of rotatable bonds is 5. The van der Waals surface area contributed by atoms with E-state index in [1.54, 1.807) is 37.3 Å². The van der Waals surface area contributed by atoms with Gasteiger partial charge in [-0.15, -0.1) is 0 Å². The summed E-state index contributed by atoms with van der Waals surface area (Å²) in [6.45, 7) is 3.65. The van der Waals surface area contributed by atoms with Crippen LogP contribution in [0.2, 0.25) is 0 Å². The predicted octanol–water partition coefficient (Wildman–Crippen LogP) is 4.29. The van der Waals surface area contributed by atoms with E-state index >= 15 is 0 Å². The molecule has 3 rings (SSSR count). The molecule has 142 valence electrons. The first-order valence-electron chi connectivity index (χ1n) is 8.40. The van der Waals surface area contributed by atoms with Crippen molar-refractivity contribution >= 4 is 37.3 Å². The minimum atomic E-state index is -3.32. The van der Waals surface area contributed by atoms with Crippen molar-refractivity contribution in [2.75, 3.05) is 6.26 Å². The highest BCUT2D eigenvalue weighted by atomic mass is 79.9. The van der Waals surface area contributed by atoms with Crippen molar-refractivity contribution in [3.05, 3.63) is 63.8 Å². The number of sulfone groups is 1. The topological polar surface area (TPSA) is 69.7 Å². The molecule has 0 N–H and O–H groups in total. The van der Waals surface area contributed by atoms with Gasteiger partial charge < -0.3 is 9.47 Å². The second kappa shape index (κ2) is 7.48. The van der Waals surface area contributed by atoms with Crippen LogP contribution < -0.4 is 4.74 Å². The fourth-order valence-corrected chi connectivity index (χ4v) is 4.28. The van der Waals surface area contributed by atoms with Crippen molar-refractivity contribution in [1.82, 2.24) is 0 Å². The molecule has 0 aliphatic carbocycles. The highest BCUT2D eigenvalue weighted by Crippen LogP contribution is 2.36. The lowest BCUT2D eigenvalue weighted by Crippen LogP contribution is -2.10. The maximum atomic E-state index is 12.4. The minimum absolute atomic E-state index is 0.135. The number of cyclic esters (lactones) is 1. The molecule has 2 aromatic rings. The molecule has 0 unspecified atom stereocenters. The number of carbonyl (C=O) groups is 1. The molecule has 1 atom stereocenters. The molecular weight excluding hydrogens is 432 g/mol. The third kappa shape index (κ3) is 4.09. The Morgan fingerprint density at radius 1 is 1.15 bits per heavy atom. The molecule has 0 fully saturated rings. The van der Waals surface area contributed by atoms with Crippen molar-refractivity contribution in [2.45, 2.75) is 31.3 Å². The first-order valence-corrected chi connectivity index (χ1v) is 11.1. The van der Waals surface area contributed by atoms with E-state index in [1.165, 1.54) is 6.26 Å². The largest absolute Gasteiger partial charge is 0.451 e. The Morgan fingerprint density at radius 2 is 1.81 bits per heavy atom. The zero-order chi connectivity index (χ0) is 19.8. The lowest BCUT2D eigenvalue weighted by atomic mass is 9.97. The number of hydrogen-bond donors (Lipinski definition) is 0. The molecule has 5 nitrogen and oxygen atoms in total. The molecule has 27 heavy (non-hydrogen) atoms. The first kappa shape index (κ1) is 19.6. The van der Waals surface area contributed by atoms with Crippen LogP contribution in [0.3, 0.4) is 0 Å². The van der Waals surface area contributed by atoms with Crippen LogP contribution in [0.25, 0.3) is 5.57 Å². The second-order valence-corrected chi connectivity index (χ2v) is 9.25. The number of benzene rings is 2. The van der Waals surface area contributed by atoms with Crippen LogP contribution in [0.5, 0.6) is 5.75 Å². The summed E-state index contributed by atoms with van der Waals surface area (Å²) < 4.78 is 35.9. The highest BCUT2D eigenvalue weighted by molar-refractivity contribution is 9.10. The molecule has 0 bridgehead atoms. The van der Waals surface area contributed by atoms with Gasteiger partial charge in [-0.1, -0.05) is 35.0 Å². The smallest absolute Gasteiger partial charge is 0.375 e. The Bertz CT molecular complexity index is 1020. The Hall–Kier alpha value is -2.12. The van der Waals surface area contributed by atoms with Crippen molar-refractivity contribution in [2.24, 2.45) is 0 Å². The van der Waals surface area contributed by atoms with Crippen molar-refractivity contribution in [3.63, 3.8) is 0 Å². The van der Waals surface area contributed by atoms with Gasteiger partial charge >= 0.3 is 5.97 Å². The van der Waals surface area contributed by atoms with Gasteiger partial charge in [-0.2, -0.15) is 0 Å². The maximum absolute atomic E-state index is 12.4. The Morgan fingerprint density at radius 3 is 2.37 bits per heavy atom. The molecule has 1 aliphatic rings. The average molecular weight is 451 g/mol. The lowest BCUT2D eigenvalue weighted by molar-refractivity contribution is -0.141. The van der Waals surface area contributed by atoms with Crippen LogP contribution in [0.15, 0.2) is 57.6 Å². The van der Waals surface area contributed by atoms with E-state index < -0.39 is 21.9 Å². The third-order valence-corrected chi connectivity index (χ3v) is 6.08. The molecule has 2 aromatic carbocycles. The predicted molar refractivity (Wildman–Crippen MR) is 106 cm³/mol. The fourth-order valence-electron chi connectivity index (χ4n) is 3.05. The van der Waals surface area contributed by atoms with E-state index in [9.17, 15) is 13.2 Å². The summed E-state index contributed by atoms with van der Waals surface area (Å²) in [4.78, 5) is 12.7. The Kier molecular flexibility index (Phi) is 5.44. The van der Waals surface area contributed by atoms with Crippen LogP contribution >= 0.6 is 15.9 Å². The van der Waals surface area contributed by atoms with Gasteiger partial charge in [-0.3, -0.25) is 0 Å². The monoisotopic (exact) mass is 450 g/mol. The summed E-state index contributed by atoms with van der Waals surface area (Å²) in [5.41, 5.74) is 1.96. The normalized spacial score (nSPS) is 17.2. The summed E-state index contributed by atoms with van der Waals surface area (Å²) in [5, 5.41) is 0. The summed E-state index contributed by atoms with van der Waals surface area (Å²) >= 11 is 3.36. The van der Waals surface area contributed by atoms with Gasteiger partial charge in [0.25, 0.3) is 0 Å². The second-order valence-electron chi connectivity index (χ2n) is 6.35. The zero-order valence-electron chi connectivity index (χ0n) is 15.2. The van der Waals surface area contributed by atoms with Crippen LogP contribution in [-0.2, 0) is 19.4 Å². The van der Waals surface area contributed by atoms with Gasteiger partial charge in [-0.05, 0) is 54.8 Å². The summed E-state index contributed by atoms with van der Waals surface area (Å²) in [7, 11) is -3.32. The minimum Gasteiger partial charge on any atom is -0.451 e. The Labute approximate surface area is 167 Å². The summed E-state index contributed by atoms with van der Waals surface area (Å²) in [6, 6.07) is 12.1. The standard InChI is InChI=1S/C20H19BrO5S/c1-4-16-18(13-5-10-17(12(2)11-13)27(3,23)24)19(20(22)26-16)25-15-8-6-14(21)7-9-15/h5-11,16H,4H2,1-3H3/t16-/m1/s1. The van der Waals surface area contributed by atoms with E-state index in [4.69, 9.17) is 9.47 Å². The maximum Gasteiger partial charge on any atom is 0.375 e. The highest BCUT2D eigenvalue weighted by Gasteiger charge is 2.36. The number of halogens is 1. The molecule has 0 spiro atoms. The molecule has 1 aliphatic heterocycles. The number of aryl methyl sites for hydroxylation is 1. The van der Waals surface area contributed by atoms with Crippen LogP contribution in [0.1, 0.15) is 24.5 Å². The van der Waals surface area contributed by atoms with E-state index in [0.717, 1.165) is 4.47 Å². The quantitative estimate of drug-likeness (QED) is 0.635.